The fraction of sp³-hybridized carbons (Fsp3) is 0.500. The molecule has 13 heavy (non-hydrogen) atoms. The molecule has 0 bridgehead atoms. The van der Waals surface area contributed by atoms with Gasteiger partial charge in [0, 0.05) is 0 Å². The van der Waals surface area contributed by atoms with Crippen molar-refractivity contribution in [2.24, 2.45) is 0 Å². The predicted molar refractivity (Wildman–Crippen MR) is 54.1 cm³/mol. The van der Waals surface area contributed by atoms with E-state index < -0.39 is 0 Å². The monoisotopic (exact) mass is 176 g/mol. The van der Waals surface area contributed by atoms with E-state index in [1.807, 2.05) is 6.07 Å². The third-order valence-electron chi connectivity index (χ3n) is 2.99. The summed E-state index contributed by atoms with van der Waals surface area (Å²) in [6.07, 6.45) is 5.05. The first-order valence-corrected chi connectivity index (χ1v) is 5.09. The summed E-state index contributed by atoms with van der Waals surface area (Å²) in [4.78, 5) is 0. The topological polar surface area (TPSA) is 20.2 Å². The smallest absolute Gasteiger partial charge is 0.115 e. The van der Waals surface area contributed by atoms with Crippen molar-refractivity contribution in [3.8, 4) is 5.75 Å². The summed E-state index contributed by atoms with van der Waals surface area (Å²) in [5, 5.41) is 9.40. The third kappa shape index (κ3) is 1.69. The van der Waals surface area contributed by atoms with Gasteiger partial charge in [0.15, 0.2) is 0 Å². The van der Waals surface area contributed by atoms with Crippen LogP contribution in [0.25, 0.3) is 0 Å². The van der Waals surface area contributed by atoms with Crippen molar-refractivity contribution >= 4 is 0 Å². The Morgan fingerprint density at radius 3 is 3.00 bits per heavy atom. The Kier molecular flexibility index (Phi) is 2.26. The van der Waals surface area contributed by atoms with Crippen LogP contribution in [0.5, 0.6) is 5.75 Å². The summed E-state index contributed by atoms with van der Waals surface area (Å²) >= 11 is 0. The van der Waals surface area contributed by atoms with E-state index in [0.717, 1.165) is 0 Å². The van der Waals surface area contributed by atoms with Crippen LogP contribution >= 0.6 is 0 Å². The maximum Gasteiger partial charge on any atom is 0.115 e. The quantitative estimate of drug-likeness (QED) is 0.602. The molecule has 0 saturated carbocycles. The van der Waals surface area contributed by atoms with Crippen LogP contribution in [0.3, 0.4) is 0 Å². The number of benzene rings is 1. The fourth-order valence-electron chi connectivity index (χ4n) is 2.19. The van der Waals surface area contributed by atoms with E-state index >= 15 is 0 Å². The second kappa shape index (κ2) is 3.41. The number of aryl methyl sites for hydroxylation is 1. The van der Waals surface area contributed by atoms with Gasteiger partial charge in [-0.15, -0.1) is 0 Å². The molecule has 0 amide bonds. The molecular weight excluding hydrogens is 160 g/mol. The van der Waals surface area contributed by atoms with E-state index in [0.29, 0.717) is 11.7 Å². The molecule has 1 aromatic carbocycles. The number of fused-ring (bicyclic) bond motifs is 1. The minimum atomic E-state index is 0.410. The van der Waals surface area contributed by atoms with Crippen LogP contribution < -0.4 is 0 Å². The molecule has 1 unspecified atom stereocenters. The van der Waals surface area contributed by atoms with Gasteiger partial charge in [-0.1, -0.05) is 19.4 Å². The molecule has 70 valence electrons. The van der Waals surface area contributed by atoms with E-state index in [1.165, 1.54) is 36.8 Å². The molecule has 1 atom stereocenters. The first-order valence-electron chi connectivity index (χ1n) is 5.09. The summed E-state index contributed by atoms with van der Waals surface area (Å²) in [5.74, 6) is 1.03. The number of hydrogen-bond donors (Lipinski definition) is 1. The Morgan fingerprint density at radius 2 is 2.15 bits per heavy atom. The second-order valence-electron chi connectivity index (χ2n) is 4.03. The molecule has 0 fully saturated rings. The Balaban J connectivity index is 2.43. The van der Waals surface area contributed by atoms with Crippen molar-refractivity contribution in [1.29, 1.82) is 0 Å². The molecule has 0 heterocycles. The molecule has 2 rings (SSSR count). The van der Waals surface area contributed by atoms with E-state index in [1.54, 1.807) is 6.07 Å². The van der Waals surface area contributed by atoms with E-state index in [9.17, 15) is 5.11 Å². The lowest BCUT2D eigenvalue weighted by atomic mass is 9.94. The molecule has 0 aromatic heterocycles. The summed E-state index contributed by atoms with van der Waals surface area (Å²) in [6.45, 7) is 2.25. The van der Waals surface area contributed by atoms with Gasteiger partial charge in [0.25, 0.3) is 0 Å². The Morgan fingerprint density at radius 1 is 1.31 bits per heavy atom. The Hall–Kier alpha value is -0.980. The van der Waals surface area contributed by atoms with Crippen LogP contribution in [-0.4, -0.2) is 5.11 Å². The summed E-state index contributed by atoms with van der Waals surface area (Å²) in [7, 11) is 0. The van der Waals surface area contributed by atoms with Gasteiger partial charge < -0.3 is 5.11 Å². The molecule has 0 saturated heterocycles. The van der Waals surface area contributed by atoms with Crippen LogP contribution in [0.15, 0.2) is 18.2 Å². The number of phenols is 1. The van der Waals surface area contributed by atoms with Crippen molar-refractivity contribution in [2.75, 3.05) is 0 Å². The number of hydrogen-bond acceptors (Lipinski definition) is 1. The zero-order chi connectivity index (χ0) is 9.26. The molecule has 0 radical (unpaired) electrons. The normalized spacial score (nSPS) is 22.1. The zero-order valence-corrected chi connectivity index (χ0v) is 8.09. The molecule has 0 aliphatic heterocycles. The lowest BCUT2D eigenvalue weighted by Gasteiger charge is -2.12. The average molecular weight is 176 g/mol. The zero-order valence-electron chi connectivity index (χ0n) is 8.09. The van der Waals surface area contributed by atoms with Gasteiger partial charge >= 0.3 is 0 Å². The standard InChI is InChI=1S/C12H16O/c1-9-4-2-3-5-10-6-7-11(13)8-12(9)10/h6-9,13H,2-5H2,1H3. The second-order valence-corrected chi connectivity index (χ2v) is 4.03. The van der Waals surface area contributed by atoms with Crippen molar-refractivity contribution in [3.63, 3.8) is 0 Å². The maximum absolute atomic E-state index is 9.40. The van der Waals surface area contributed by atoms with Crippen LogP contribution in [-0.2, 0) is 6.42 Å². The largest absolute Gasteiger partial charge is 0.508 e. The van der Waals surface area contributed by atoms with Gasteiger partial charge in [-0.25, -0.2) is 0 Å². The van der Waals surface area contributed by atoms with Crippen LogP contribution in [0.2, 0.25) is 0 Å². The molecule has 1 N–H and O–H groups in total. The lowest BCUT2D eigenvalue weighted by molar-refractivity contribution is 0.473. The molecule has 1 nitrogen and oxygen atoms in total. The molecule has 1 aliphatic rings. The summed E-state index contributed by atoms with van der Waals surface area (Å²) in [6, 6.07) is 5.81. The fourth-order valence-corrected chi connectivity index (χ4v) is 2.19. The molecule has 1 aromatic rings. The van der Waals surface area contributed by atoms with Gasteiger partial charge in [0.05, 0.1) is 0 Å². The SMILES string of the molecule is CC1CCCCc2ccc(O)cc21. The van der Waals surface area contributed by atoms with Crippen molar-refractivity contribution in [3.05, 3.63) is 29.3 Å². The maximum atomic E-state index is 9.40. The number of phenolic OH excluding ortho intramolecular Hbond substituents is 1. The summed E-state index contributed by atoms with van der Waals surface area (Å²) < 4.78 is 0. The Bertz CT molecular complexity index is 304. The average Bonchev–Trinajstić information content (AvgIpc) is 2.29. The van der Waals surface area contributed by atoms with Crippen LogP contribution in [0.1, 0.15) is 43.2 Å². The first-order chi connectivity index (χ1) is 6.27. The van der Waals surface area contributed by atoms with Gasteiger partial charge in [-0.05, 0) is 48.4 Å². The minimum absolute atomic E-state index is 0.410. The molecule has 1 aliphatic carbocycles. The highest BCUT2D eigenvalue weighted by Crippen LogP contribution is 2.31. The molecular formula is C12H16O. The number of aromatic hydroxyl groups is 1. The van der Waals surface area contributed by atoms with Crippen molar-refractivity contribution < 1.29 is 5.11 Å². The Labute approximate surface area is 79.4 Å². The van der Waals surface area contributed by atoms with E-state index in [-0.39, 0.29) is 0 Å². The van der Waals surface area contributed by atoms with Crippen molar-refractivity contribution in [2.45, 2.75) is 38.5 Å². The van der Waals surface area contributed by atoms with Crippen molar-refractivity contribution in [1.82, 2.24) is 0 Å². The van der Waals surface area contributed by atoms with E-state index in [4.69, 9.17) is 0 Å². The highest BCUT2D eigenvalue weighted by atomic mass is 16.3. The van der Waals surface area contributed by atoms with Gasteiger partial charge in [-0.2, -0.15) is 0 Å². The lowest BCUT2D eigenvalue weighted by Crippen LogP contribution is -1.94. The molecule has 0 spiro atoms. The van der Waals surface area contributed by atoms with Gasteiger partial charge in [0.1, 0.15) is 5.75 Å². The minimum Gasteiger partial charge on any atom is -0.508 e. The number of rotatable bonds is 0. The highest BCUT2D eigenvalue weighted by Gasteiger charge is 2.14. The van der Waals surface area contributed by atoms with Gasteiger partial charge in [0.2, 0.25) is 0 Å². The summed E-state index contributed by atoms with van der Waals surface area (Å²) in [5.41, 5.74) is 2.79. The third-order valence-corrected chi connectivity index (χ3v) is 2.99. The predicted octanol–water partition coefficient (Wildman–Crippen LogP) is 3.22. The molecule has 1 heteroatoms. The van der Waals surface area contributed by atoms with Gasteiger partial charge in [-0.3, -0.25) is 0 Å². The highest BCUT2D eigenvalue weighted by molar-refractivity contribution is 5.37. The first kappa shape index (κ1) is 8.61. The van der Waals surface area contributed by atoms with Crippen LogP contribution in [0, 0.1) is 0 Å². The van der Waals surface area contributed by atoms with E-state index in [2.05, 4.69) is 13.0 Å². The van der Waals surface area contributed by atoms with Crippen LogP contribution in [0.4, 0.5) is 0 Å².